The zero-order chi connectivity index (χ0) is 11.5. The van der Waals surface area contributed by atoms with E-state index in [0.717, 1.165) is 5.25 Å². The zero-order valence-corrected chi connectivity index (χ0v) is 11.0. The van der Waals surface area contributed by atoms with Crippen LogP contribution in [0.5, 0.6) is 0 Å². The number of amides is 1. The lowest BCUT2D eigenvalue weighted by atomic mass is 10.0. The molecule has 0 aromatic carbocycles. The number of nitrogens with zero attached hydrogens (tertiary/aromatic N) is 1. The van der Waals surface area contributed by atoms with Crippen molar-refractivity contribution in [2.75, 3.05) is 20.0 Å². The Bertz CT molecular complexity index is 245. The number of piperidine rings is 1. The molecule has 1 amide bonds. The molecule has 2 aliphatic heterocycles. The summed E-state index contributed by atoms with van der Waals surface area (Å²) >= 11 is 1.96. The van der Waals surface area contributed by atoms with Crippen LogP contribution in [0.2, 0.25) is 0 Å². The van der Waals surface area contributed by atoms with Crippen molar-refractivity contribution in [3.05, 3.63) is 0 Å². The minimum Gasteiger partial charge on any atom is -0.384 e. The van der Waals surface area contributed by atoms with Crippen LogP contribution in [0.4, 0.5) is 0 Å². The lowest BCUT2D eigenvalue weighted by Crippen LogP contribution is -2.47. The Hall–Kier alpha value is -0.220. The van der Waals surface area contributed by atoms with E-state index in [1.165, 1.54) is 25.7 Å². The molecule has 0 spiro atoms. The summed E-state index contributed by atoms with van der Waals surface area (Å²) in [6, 6.07) is 1.03. The summed E-state index contributed by atoms with van der Waals surface area (Å²) in [5, 5.41) is 0.768. The van der Waals surface area contributed by atoms with Crippen molar-refractivity contribution >= 4 is 17.7 Å². The molecule has 0 aromatic rings. The van der Waals surface area contributed by atoms with Crippen molar-refractivity contribution in [3.8, 4) is 0 Å². The molecule has 2 aliphatic rings. The van der Waals surface area contributed by atoms with Gasteiger partial charge in [0.05, 0.1) is 13.0 Å². The Morgan fingerprint density at radius 2 is 2.00 bits per heavy atom. The van der Waals surface area contributed by atoms with Crippen molar-refractivity contribution in [1.29, 1.82) is 0 Å². The fourth-order valence-electron chi connectivity index (χ4n) is 3.05. The first-order chi connectivity index (χ1) is 7.76. The van der Waals surface area contributed by atoms with Crippen molar-refractivity contribution in [2.45, 2.75) is 49.4 Å². The topological polar surface area (TPSA) is 29.5 Å². The summed E-state index contributed by atoms with van der Waals surface area (Å²) in [6.07, 6.45) is 7.54. The van der Waals surface area contributed by atoms with Crippen LogP contribution in [-0.2, 0) is 9.53 Å². The molecule has 0 aliphatic carbocycles. The largest absolute Gasteiger partial charge is 0.384 e. The van der Waals surface area contributed by atoms with Crippen LogP contribution in [0.1, 0.15) is 32.1 Å². The van der Waals surface area contributed by atoms with Crippen LogP contribution in [0, 0.1) is 0 Å². The van der Waals surface area contributed by atoms with Crippen LogP contribution < -0.4 is 0 Å². The molecule has 0 radical (unpaired) electrons. The number of thioether (sulfide) groups is 1. The molecule has 2 fully saturated rings. The highest BCUT2D eigenvalue weighted by Gasteiger charge is 2.42. The number of fused-ring (bicyclic) bond motifs is 2. The maximum Gasteiger partial charge on any atom is 0.225 e. The molecule has 0 aromatic heterocycles. The van der Waals surface area contributed by atoms with Crippen LogP contribution in [0.3, 0.4) is 0 Å². The molecular weight excluding hydrogens is 222 g/mol. The van der Waals surface area contributed by atoms with Crippen LogP contribution in [-0.4, -0.2) is 48.1 Å². The average Bonchev–Trinajstić information content (AvgIpc) is 2.57. The van der Waals surface area contributed by atoms with Crippen LogP contribution >= 0.6 is 11.8 Å². The number of methoxy groups -OCH3 is 1. The molecule has 4 heteroatoms. The van der Waals surface area contributed by atoms with E-state index in [1.54, 1.807) is 7.11 Å². The molecule has 2 atom stereocenters. The Balaban J connectivity index is 1.94. The summed E-state index contributed by atoms with van der Waals surface area (Å²) in [7, 11) is 1.65. The van der Waals surface area contributed by atoms with Gasteiger partial charge in [-0.25, -0.2) is 0 Å². The third kappa shape index (κ3) is 2.38. The smallest absolute Gasteiger partial charge is 0.225 e. The number of hydrogen-bond donors (Lipinski definition) is 0. The van der Waals surface area contributed by atoms with Gasteiger partial charge in [0.15, 0.2) is 0 Å². The van der Waals surface area contributed by atoms with Gasteiger partial charge in [-0.1, -0.05) is 0 Å². The maximum absolute atomic E-state index is 12.1. The summed E-state index contributed by atoms with van der Waals surface area (Å²) in [4.78, 5) is 14.2. The maximum atomic E-state index is 12.1. The fourth-order valence-corrected chi connectivity index (χ4v) is 3.87. The van der Waals surface area contributed by atoms with E-state index in [2.05, 4.69) is 11.2 Å². The Morgan fingerprint density at radius 3 is 2.50 bits per heavy atom. The molecule has 0 saturated carbocycles. The fraction of sp³-hybridized carbons (Fsp3) is 0.917. The average molecular weight is 243 g/mol. The van der Waals surface area contributed by atoms with Gasteiger partial charge in [0.2, 0.25) is 5.91 Å². The Morgan fingerprint density at radius 1 is 1.38 bits per heavy atom. The number of rotatable bonds is 4. The van der Waals surface area contributed by atoms with Gasteiger partial charge in [-0.05, 0) is 31.9 Å². The van der Waals surface area contributed by atoms with Crippen LogP contribution in [0.15, 0.2) is 0 Å². The molecule has 3 nitrogen and oxygen atoms in total. The van der Waals surface area contributed by atoms with Gasteiger partial charge >= 0.3 is 0 Å². The number of hydrogen-bond acceptors (Lipinski definition) is 3. The Kier molecular flexibility index (Phi) is 4.14. The van der Waals surface area contributed by atoms with E-state index in [1.807, 2.05) is 11.8 Å². The molecule has 2 heterocycles. The van der Waals surface area contributed by atoms with E-state index < -0.39 is 0 Å². The lowest BCUT2D eigenvalue weighted by Gasteiger charge is -2.38. The summed E-state index contributed by atoms with van der Waals surface area (Å²) < 4.78 is 4.98. The highest BCUT2D eigenvalue weighted by molar-refractivity contribution is 7.99. The number of ether oxygens (including phenoxy) is 1. The second-order valence-corrected chi connectivity index (χ2v) is 5.90. The molecule has 2 bridgehead atoms. The van der Waals surface area contributed by atoms with Gasteiger partial charge in [-0.15, -0.1) is 0 Å². The normalized spacial score (nSPS) is 33.1. The molecule has 16 heavy (non-hydrogen) atoms. The second kappa shape index (κ2) is 5.41. The molecule has 2 rings (SSSR count). The van der Waals surface area contributed by atoms with E-state index >= 15 is 0 Å². The quantitative estimate of drug-likeness (QED) is 0.755. The van der Waals surface area contributed by atoms with Gasteiger partial charge in [-0.3, -0.25) is 4.79 Å². The summed E-state index contributed by atoms with van der Waals surface area (Å²) in [6.45, 7) is 0.556. The van der Waals surface area contributed by atoms with E-state index in [-0.39, 0.29) is 0 Å². The van der Waals surface area contributed by atoms with Crippen molar-refractivity contribution in [3.63, 3.8) is 0 Å². The van der Waals surface area contributed by atoms with E-state index in [0.29, 0.717) is 31.0 Å². The first-order valence-corrected chi connectivity index (χ1v) is 7.38. The molecule has 92 valence electrons. The predicted molar refractivity (Wildman–Crippen MR) is 66.7 cm³/mol. The lowest BCUT2D eigenvalue weighted by molar-refractivity contribution is -0.136. The zero-order valence-electron chi connectivity index (χ0n) is 10.1. The minimum absolute atomic E-state index is 0.300. The molecule has 2 saturated heterocycles. The number of carbonyl (C=O) groups excluding carboxylic acids is 1. The molecule has 2 unspecified atom stereocenters. The standard InChI is InChI=1S/C12H21NO2S/c1-15-6-5-12(14)13-9-3-4-10(13)8-11(7-9)16-2/h9-11H,3-8H2,1-2H3. The van der Waals surface area contributed by atoms with Gasteiger partial charge in [-0.2, -0.15) is 11.8 Å². The number of carbonyl (C=O) groups is 1. The van der Waals surface area contributed by atoms with Gasteiger partial charge in [0.25, 0.3) is 0 Å². The molecule has 0 N–H and O–H groups in total. The van der Waals surface area contributed by atoms with Gasteiger partial charge in [0.1, 0.15) is 0 Å². The highest BCUT2D eigenvalue weighted by Crippen LogP contribution is 2.39. The summed E-state index contributed by atoms with van der Waals surface area (Å²) in [5.74, 6) is 0.300. The summed E-state index contributed by atoms with van der Waals surface area (Å²) in [5.41, 5.74) is 0. The van der Waals surface area contributed by atoms with Gasteiger partial charge < -0.3 is 9.64 Å². The van der Waals surface area contributed by atoms with Gasteiger partial charge in [0, 0.05) is 24.4 Å². The monoisotopic (exact) mass is 243 g/mol. The van der Waals surface area contributed by atoms with Crippen molar-refractivity contribution in [1.82, 2.24) is 4.90 Å². The van der Waals surface area contributed by atoms with E-state index in [4.69, 9.17) is 4.74 Å². The SMILES string of the molecule is COCCC(=O)N1C2CCC1CC(SC)C2. The second-order valence-electron chi connectivity index (χ2n) is 4.76. The van der Waals surface area contributed by atoms with Crippen LogP contribution in [0.25, 0.3) is 0 Å². The first-order valence-electron chi connectivity index (χ1n) is 6.09. The van der Waals surface area contributed by atoms with E-state index in [9.17, 15) is 4.79 Å². The van der Waals surface area contributed by atoms with Crippen molar-refractivity contribution in [2.24, 2.45) is 0 Å². The molecular formula is C12H21NO2S. The predicted octanol–water partition coefficient (Wildman–Crippen LogP) is 1.91. The third-order valence-electron chi connectivity index (χ3n) is 3.83. The first kappa shape index (κ1) is 12.2. The minimum atomic E-state index is 0.300. The Labute approximate surface area is 102 Å². The third-order valence-corrected chi connectivity index (χ3v) is 4.88. The van der Waals surface area contributed by atoms with Crippen molar-refractivity contribution < 1.29 is 9.53 Å². The highest BCUT2D eigenvalue weighted by atomic mass is 32.2.